The Balaban J connectivity index is 2.33. The van der Waals surface area contributed by atoms with Gasteiger partial charge in [0, 0.05) is 12.1 Å². The van der Waals surface area contributed by atoms with Crippen LogP contribution in [-0.4, -0.2) is 13.5 Å². The van der Waals surface area contributed by atoms with Crippen molar-refractivity contribution >= 4 is 15.7 Å². The van der Waals surface area contributed by atoms with Crippen molar-refractivity contribution in [1.82, 2.24) is 0 Å². The van der Waals surface area contributed by atoms with Crippen molar-refractivity contribution in [1.29, 1.82) is 0 Å². The molecule has 2 rings (SSSR count). The molecule has 0 saturated heterocycles. The van der Waals surface area contributed by atoms with Crippen molar-refractivity contribution in [2.75, 3.05) is 4.72 Å². The standard InChI is InChI=1S/C11H8F3NO4S/c12-8-3-6(4-9(13)11(8)14)15-20(17,18)10-2-1-7(5-16)19-10/h1-4,15-16H,5H2. The minimum atomic E-state index is -4.23. The predicted octanol–water partition coefficient (Wildman–Crippen LogP) is 1.99. The van der Waals surface area contributed by atoms with Crippen molar-refractivity contribution < 1.29 is 31.1 Å². The molecule has 0 saturated carbocycles. The highest BCUT2D eigenvalue weighted by molar-refractivity contribution is 7.92. The van der Waals surface area contributed by atoms with Gasteiger partial charge in [-0.15, -0.1) is 0 Å². The van der Waals surface area contributed by atoms with E-state index in [1.807, 2.05) is 4.72 Å². The van der Waals surface area contributed by atoms with E-state index in [0.29, 0.717) is 12.1 Å². The van der Waals surface area contributed by atoms with Gasteiger partial charge in [0.05, 0.1) is 5.69 Å². The molecular weight excluding hydrogens is 299 g/mol. The Morgan fingerprint density at radius 1 is 1.15 bits per heavy atom. The molecule has 0 aliphatic heterocycles. The van der Waals surface area contributed by atoms with Gasteiger partial charge in [0.15, 0.2) is 17.5 Å². The third kappa shape index (κ3) is 2.78. The Labute approximate surface area is 111 Å². The van der Waals surface area contributed by atoms with Crippen molar-refractivity contribution in [3.05, 3.63) is 47.5 Å². The number of hydrogen-bond donors (Lipinski definition) is 2. The first kappa shape index (κ1) is 14.4. The molecule has 0 aliphatic carbocycles. The maximum atomic E-state index is 13.0. The lowest BCUT2D eigenvalue weighted by Gasteiger charge is -2.06. The van der Waals surface area contributed by atoms with Crippen LogP contribution >= 0.6 is 0 Å². The van der Waals surface area contributed by atoms with Gasteiger partial charge in [-0.1, -0.05) is 0 Å². The van der Waals surface area contributed by atoms with E-state index in [1.165, 1.54) is 6.07 Å². The second-order valence-electron chi connectivity index (χ2n) is 3.74. The van der Waals surface area contributed by atoms with Gasteiger partial charge >= 0.3 is 0 Å². The predicted molar refractivity (Wildman–Crippen MR) is 61.8 cm³/mol. The highest BCUT2D eigenvalue weighted by Gasteiger charge is 2.20. The van der Waals surface area contributed by atoms with Crippen LogP contribution in [0.1, 0.15) is 5.76 Å². The molecule has 0 bridgehead atoms. The summed E-state index contributed by atoms with van der Waals surface area (Å²) < 4.78 is 68.9. The average Bonchev–Trinajstić information content (AvgIpc) is 2.85. The van der Waals surface area contributed by atoms with Crippen LogP contribution in [0, 0.1) is 17.5 Å². The Kier molecular flexibility index (Phi) is 3.73. The molecule has 0 radical (unpaired) electrons. The van der Waals surface area contributed by atoms with E-state index in [9.17, 15) is 21.6 Å². The van der Waals surface area contributed by atoms with Crippen LogP contribution in [0.5, 0.6) is 0 Å². The van der Waals surface area contributed by atoms with Gasteiger partial charge in [-0.25, -0.2) is 13.2 Å². The fourth-order valence-corrected chi connectivity index (χ4v) is 2.40. The molecule has 1 aromatic heterocycles. The summed E-state index contributed by atoms with van der Waals surface area (Å²) in [6.45, 7) is -0.505. The first-order valence-electron chi connectivity index (χ1n) is 5.20. The van der Waals surface area contributed by atoms with E-state index in [2.05, 4.69) is 0 Å². The SMILES string of the molecule is O=S(=O)(Nc1cc(F)c(F)c(F)c1)c1ccc(CO)o1. The number of nitrogens with one attached hydrogen (secondary N) is 1. The molecule has 1 aromatic carbocycles. The molecular formula is C11H8F3NO4S. The number of sulfonamides is 1. The van der Waals surface area contributed by atoms with Crippen molar-refractivity contribution in [3.8, 4) is 0 Å². The molecule has 2 aromatic rings. The van der Waals surface area contributed by atoms with Crippen LogP contribution in [0.25, 0.3) is 0 Å². The van der Waals surface area contributed by atoms with E-state index >= 15 is 0 Å². The second kappa shape index (κ2) is 5.17. The Hall–Kier alpha value is -2.00. The van der Waals surface area contributed by atoms with E-state index in [1.54, 1.807) is 0 Å². The zero-order valence-corrected chi connectivity index (χ0v) is 10.5. The highest BCUT2D eigenvalue weighted by atomic mass is 32.2. The maximum absolute atomic E-state index is 13.0. The van der Waals surface area contributed by atoms with E-state index in [-0.39, 0.29) is 5.76 Å². The molecule has 0 fully saturated rings. The third-order valence-corrected chi connectivity index (χ3v) is 3.55. The molecule has 5 nitrogen and oxygen atoms in total. The topological polar surface area (TPSA) is 79.5 Å². The summed E-state index contributed by atoms with van der Waals surface area (Å²) in [5, 5.41) is 8.21. The Morgan fingerprint density at radius 3 is 2.25 bits per heavy atom. The Bertz CT molecular complexity index is 719. The van der Waals surface area contributed by atoms with E-state index in [4.69, 9.17) is 9.52 Å². The lowest BCUT2D eigenvalue weighted by molar-refractivity contribution is 0.236. The number of aliphatic hydroxyl groups excluding tert-OH is 1. The number of anilines is 1. The van der Waals surface area contributed by atoms with Crippen LogP contribution in [-0.2, 0) is 16.6 Å². The first-order chi connectivity index (χ1) is 9.33. The quantitative estimate of drug-likeness (QED) is 0.847. The molecule has 9 heteroatoms. The van der Waals surface area contributed by atoms with Gasteiger partial charge in [-0.3, -0.25) is 4.72 Å². The molecule has 2 N–H and O–H groups in total. The summed E-state index contributed by atoms with van der Waals surface area (Å²) in [6.07, 6.45) is 0. The number of halogens is 3. The summed E-state index contributed by atoms with van der Waals surface area (Å²) in [5.41, 5.74) is -0.497. The highest BCUT2D eigenvalue weighted by Crippen LogP contribution is 2.22. The first-order valence-corrected chi connectivity index (χ1v) is 6.69. The van der Waals surface area contributed by atoms with Gasteiger partial charge in [-0.05, 0) is 12.1 Å². The summed E-state index contributed by atoms with van der Waals surface area (Å²) >= 11 is 0. The minimum Gasteiger partial charge on any atom is -0.445 e. The van der Waals surface area contributed by atoms with E-state index in [0.717, 1.165) is 6.07 Å². The number of hydrogen-bond acceptors (Lipinski definition) is 4. The van der Waals surface area contributed by atoms with Crippen LogP contribution in [0.2, 0.25) is 0 Å². The van der Waals surface area contributed by atoms with Crippen molar-refractivity contribution in [2.24, 2.45) is 0 Å². The van der Waals surface area contributed by atoms with Crippen LogP contribution < -0.4 is 4.72 Å². The number of rotatable bonds is 4. The van der Waals surface area contributed by atoms with Crippen LogP contribution in [0.3, 0.4) is 0 Å². The molecule has 20 heavy (non-hydrogen) atoms. The summed E-state index contributed by atoms with van der Waals surface area (Å²) in [7, 11) is -4.23. The van der Waals surface area contributed by atoms with Crippen molar-refractivity contribution in [2.45, 2.75) is 11.7 Å². The van der Waals surface area contributed by atoms with Gasteiger partial charge in [0.25, 0.3) is 10.0 Å². The molecule has 0 spiro atoms. The smallest absolute Gasteiger partial charge is 0.295 e. The zero-order valence-electron chi connectivity index (χ0n) is 9.73. The summed E-state index contributed by atoms with van der Waals surface area (Å²) in [5.74, 6) is -4.76. The van der Waals surface area contributed by atoms with Gasteiger partial charge in [-0.2, -0.15) is 8.42 Å². The normalized spacial score (nSPS) is 11.6. The van der Waals surface area contributed by atoms with Crippen LogP contribution in [0.15, 0.2) is 33.8 Å². The van der Waals surface area contributed by atoms with Gasteiger partial charge < -0.3 is 9.52 Å². The minimum absolute atomic E-state index is 0.00171. The molecule has 0 aliphatic rings. The van der Waals surface area contributed by atoms with Gasteiger partial charge in [0.1, 0.15) is 12.4 Å². The van der Waals surface area contributed by atoms with Crippen molar-refractivity contribution in [3.63, 3.8) is 0 Å². The second-order valence-corrected chi connectivity index (χ2v) is 5.35. The zero-order chi connectivity index (χ0) is 14.9. The summed E-state index contributed by atoms with van der Waals surface area (Å²) in [6, 6.07) is 3.27. The van der Waals surface area contributed by atoms with Crippen LogP contribution in [0.4, 0.5) is 18.9 Å². The molecule has 108 valence electrons. The lowest BCUT2D eigenvalue weighted by atomic mass is 10.3. The molecule has 0 unspecified atom stereocenters. The lowest BCUT2D eigenvalue weighted by Crippen LogP contribution is -2.13. The largest absolute Gasteiger partial charge is 0.445 e. The summed E-state index contributed by atoms with van der Waals surface area (Å²) in [4.78, 5) is 0. The average molecular weight is 307 g/mol. The van der Waals surface area contributed by atoms with E-state index < -0.39 is 44.9 Å². The number of aliphatic hydroxyl groups is 1. The number of furan rings is 1. The number of benzene rings is 1. The fraction of sp³-hybridized carbons (Fsp3) is 0.0909. The molecule has 1 heterocycles. The third-order valence-electron chi connectivity index (χ3n) is 2.29. The maximum Gasteiger partial charge on any atom is 0.295 e. The Morgan fingerprint density at radius 2 is 1.75 bits per heavy atom. The molecule has 0 amide bonds. The molecule has 0 atom stereocenters. The van der Waals surface area contributed by atoms with Gasteiger partial charge in [0.2, 0.25) is 5.09 Å². The monoisotopic (exact) mass is 307 g/mol. The fourth-order valence-electron chi connectivity index (χ4n) is 1.41.